The van der Waals surface area contributed by atoms with Gasteiger partial charge in [-0.2, -0.15) is 0 Å². The van der Waals surface area contributed by atoms with Gasteiger partial charge in [-0.1, -0.05) is 44.0 Å². The SMILES string of the molecule is O=C(O)c1ccc(COCC(Br)CBr)cc1. The number of hydrogen-bond acceptors (Lipinski definition) is 2. The average molecular weight is 352 g/mol. The smallest absolute Gasteiger partial charge is 0.335 e. The minimum absolute atomic E-state index is 0.294. The van der Waals surface area contributed by atoms with E-state index in [0.29, 0.717) is 23.6 Å². The van der Waals surface area contributed by atoms with E-state index >= 15 is 0 Å². The number of ether oxygens (including phenoxy) is 1. The van der Waals surface area contributed by atoms with Crippen molar-refractivity contribution >= 4 is 37.8 Å². The van der Waals surface area contributed by atoms with Crippen LogP contribution in [0.2, 0.25) is 0 Å². The summed E-state index contributed by atoms with van der Waals surface area (Å²) in [6.45, 7) is 1.11. The van der Waals surface area contributed by atoms with E-state index in [1.165, 1.54) is 0 Å². The Kier molecular flexibility index (Phi) is 6.01. The number of carbonyl (C=O) groups is 1. The first kappa shape index (κ1) is 13.7. The van der Waals surface area contributed by atoms with E-state index in [4.69, 9.17) is 9.84 Å². The summed E-state index contributed by atoms with van der Waals surface area (Å²) < 4.78 is 5.45. The minimum atomic E-state index is -0.910. The van der Waals surface area contributed by atoms with Crippen molar-refractivity contribution in [2.24, 2.45) is 0 Å². The molecular weight excluding hydrogens is 340 g/mol. The summed E-state index contributed by atoms with van der Waals surface area (Å²) in [6, 6.07) is 6.69. The molecule has 0 spiro atoms. The molecule has 1 rings (SSSR count). The first-order chi connectivity index (χ1) is 7.63. The lowest BCUT2D eigenvalue weighted by Gasteiger charge is -2.07. The summed E-state index contributed by atoms with van der Waals surface area (Å²) in [5.41, 5.74) is 1.27. The number of halogens is 2. The molecule has 0 bridgehead atoms. The Labute approximate surface area is 111 Å². The van der Waals surface area contributed by atoms with Crippen molar-refractivity contribution in [3.8, 4) is 0 Å². The fourth-order valence-electron chi connectivity index (χ4n) is 1.09. The second-order valence-corrected chi connectivity index (χ2v) is 5.21. The molecule has 16 heavy (non-hydrogen) atoms. The van der Waals surface area contributed by atoms with Crippen LogP contribution in [0, 0.1) is 0 Å². The summed E-state index contributed by atoms with van der Waals surface area (Å²) in [4.78, 5) is 10.9. The van der Waals surface area contributed by atoms with E-state index in [9.17, 15) is 4.79 Å². The Morgan fingerprint density at radius 2 is 2.00 bits per heavy atom. The predicted molar refractivity (Wildman–Crippen MR) is 69.6 cm³/mol. The van der Waals surface area contributed by atoms with Crippen molar-refractivity contribution in [3.05, 3.63) is 35.4 Å². The third kappa shape index (κ3) is 4.63. The Hall–Kier alpha value is -0.390. The van der Waals surface area contributed by atoms with Crippen LogP contribution in [0.3, 0.4) is 0 Å². The van der Waals surface area contributed by atoms with Crippen LogP contribution >= 0.6 is 31.9 Å². The number of rotatable bonds is 6. The number of carboxylic acid groups (broad SMARTS) is 1. The van der Waals surface area contributed by atoms with E-state index in [0.717, 1.165) is 10.9 Å². The quantitative estimate of drug-likeness (QED) is 0.801. The third-order valence-corrected chi connectivity index (χ3v) is 4.17. The molecule has 88 valence electrons. The molecule has 1 aromatic carbocycles. The standard InChI is InChI=1S/C11H12Br2O3/c12-5-10(13)7-16-6-8-1-3-9(4-2-8)11(14)15/h1-4,10H,5-7H2,(H,14,15). The first-order valence-electron chi connectivity index (χ1n) is 4.73. The molecule has 3 nitrogen and oxygen atoms in total. The van der Waals surface area contributed by atoms with Crippen LogP contribution in [0.15, 0.2) is 24.3 Å². The van der Waals surface area contributed by atoms with Gasteiger partial charge < -0.3 is 9.84 Å². The van der Waals surface area contributed by atoms with Gasteiger partial charge in [-0.05, 0) is 17.7 Å². The van der Waals surface area contributed by atoms with E-state index in [1.807, 2.05) is 0 Å². The zero-order chi connectivity index (χ0) is 12.0. The van der Waals surface area contributed by atoms with Crippen LogP contribution < -0.4 is 0 Å². The molecule has 0 aromatic heterocycles. The molecule has 1 N–H and O–H groups in total. The Morgan fingerprint density at radius 1 is 1.38 bits per heavy atom. The second kappa shape index (κ2) is 7.04. The van der Waals surface area contributed by atoms with E-state index < -0.39 is 5.97 Å². The van der Waals surface area contributed by atoms with Crippen LogP contribution in [-0.2, 0) is 11.3 Å². The molecule has 0 amide bonds. The molecule has 0 fully saturated rings. The molecule has 0 aliphatic carbocycles. The van der Waals surface area contributed by atoms with Gasteiger partial charge in [-0.15, -0.1) is 0 Å². The van der Waals surface area contributed by atoms with Crippen molar-refractivity contribution in [1.82, 2.24) is 0 Å². The van der Waals surface area contributed by atoms with Crippen molar-refractivity contribution in [2.75, 3.05) is 11.9 Å². The lowest BCUT2D eigenvalue weighted by Crippen LogP contribution is -2.09. The Bertz CT molecular complexity index is 338. The highest BCUT2D eigenvalue weighted by atomic mass is 79.9. The average Bonchev–Trinajstić information content (AvgIpc) is 2.29. The van der Waals surface area contributed by atoms with Crippen molar-refractivity contribution < 1.29 is 14.6 Å². The summed E-state index contributed by atoms with van der Waals surface area (Å²) >= 11 is 6.77. The maximum atomic E-state index is 10.6. The molecular formula is C11H12Br2O3. The Balaban J connectivity index is 2.40. The van der Waals surface area contributed by atoms with Gasteiger partial charge >= 0.3 is 5.97 Å². The van der Waals surface area contributed by atoms with Gasteiger partial charge in [0.25, 0.3) is 0 Å². The Morgan fingerprint density at radius 3 is 2.50 bits per heavy atom. The fourth-order valence-corrected chi connectivity index (χ4v) is 1.47. The largest absolute Gasteiger partial charge is 0.478 e. The van der Waals surface area contributed by atoms with Gasteiger partial charge in [0.1, 0.15) is 0 Å². The number of aromatic carboxylic acids is 1. The molecule has 0 aliphatic heterocycles. The van der Waals surface area contributed by atoms with Crippen molar-refractivity contribution in [2.45, 2.75) is 11.4 Å². The highest BCUT2D eigenvalue weighted by molar-refractivity contribution is 9.12. The number of carboxylic acids is 1. The summed E-state index contributed by atoms with van der Waals surface area (Å²) in [5, 5.41) is 9.55. The molecule has 0 aliphatic rings. The van der Waals surface area contributed by atoms with Gasteiger partial charge in [0, 0.05) is 10.2 Å². The molecule has 0 radical (unpaired) electrons. The molecule has 1 unspecified atom stereocenters. The van der Waals surface area contributed by atoms with E-state index in [1.54, 1.807) is 24.3 Å². The van der Waals surface area contributed by atoms with Gasteiger partial charge in [0.2, 0.25) is 0 Å². The monoisotopic (exact) mass is 350 g/mol. The second-order valence-electron chi connectivity index (χ2n) is 3.27. The number of benzene rings is 1. The maximum Gasteiger partial charge on any atom is 0.335 e. The molecule has 1 atom stereocenters. The summed E-state index contributed by atoms with van der Waals surface area (Å²) in [6.07, 6.45) is 0. The van der Waals surface area contributed by atoms with Gasteiger partial charge in [0.05, 0.1) is 18.8 Å². The molecule has 0 saturated carbocycles. The molecule has 5 heteroatoms. The van der Waals surface area contributed by atoms with Crippen LogP contribution in [0.5, 0.6) is 0 Å². The summed E-state index contributed by atoms with van der Waals surface area (Å²) in [5.74, 6) is -0.910. The fraction of sp³-hybridized carbons (Fsp3) is 0.364. The number of hydrogen-bond donors (Lipinski definition) is 1. The van der Waals surface area contributed by atoms with E-state index in [2.05, 4.69) is 31.9 Å². The lowest BCUT2D eigenvalue weighted by molar-refractivity contribution is 0.0696. The lowest BCUT2D eigenvalue weighted by atomic mass is 10.1. The third-order valence-electron chi connectivity index (χ3n) is 1.94. The molecule has 0 heterocycles. The predicted octanol–water partition coefficient (Wildman–Crippen LogP) is 3.06. The maximum absolute atomic E-state index is 10.6. The highest BCUT2D eigenvalue weighted by Gasteiger charge is 2.03. The van der Waals surface area contributed by atoms with Gasteiger partial charge in [0.15, 0.2) is 0 Å². The van der Waals surface area contributed by atoms with Crippen molar-refractivity contribution in [3.63, 3.8) is 0 Å². The van der Waals surface area contributed by atoms with Crippen LogP contribution in [0.25, 0.3) is 0 Å². The topological polar surface area (TPSA) is 46.5 Å². The molecule has 0 saturated heterocycles. The zero-order valence-corrected chi connectivity index (χ0v) is 11.7. The van der Waals surface area contributed by atoms with E-state index in [-0.39, 0.29) is 0 Å². The highest BCUT2D eigenvalue weighted by Crippen LogP contribution is 2.08. The normalized spacial score (nSPS) is 12.4. The summed E-state index contributed by atoms with van der Waals surface area (Å²) in [7, 11) is 0. The van der Waals surface area contributed by atoms with Crippen molar-refractivity contribution in [1.29, 1.82) is 0 Å². The van der Waals surface area contributed by atoms with Gasteiger partial charge in [-0.25, -0.2) is 4.79 Å². The van der Waals surface area contributed by atoms with Crippen LogP contribution in [0.4, 0.5) is 0 Å². The first-order valence-corrected chi connectivity index (χ1v) is 6.77. The molecule has 1 aromatic rings. The van der Waals surface area contributed by atoms with Gasteiger partial charge in [-0.3, -0.25) is 0 Å². The van der Waals surface area contributed by atoms with Crippen LogP contribution in [0.1, 0.15) is 15.9 Å². The minimum Gasteiger partial charge on any atom is -0.478 e. The number of alkyl halides is 2. The van der Waals surface area contributed by atoms with Crippen LogP contribution in [-0.4, -0.2) is 27.8 Å². The zero-order valence-electron chi connectivity index (χ0n) is 8.53.